The number of halogens is 1. The van der Waals surface area contributed by atoms with E-state index in [0.717, 1.165) is 28.6 Å². The van der Waals surface area contributed by atoms with E-state index in [2.05, 4.69) is 5.32 Å². The highest BCUT2D eigenvalue weighted by atomic mass is 32.2. The van der Waals surface area contributed by atoms with Crippen LogP contribution in [0.2, 0.25) is 0 Å². The Morgan fingerprint density at radius 3 is 2.50 bits per heavy atom. The van der Waals surface area contributed by atoms with Crippen molar-refractivity contribution in [3.63, 3.8) is 0 Å². The summed E-state index contributed by atoms with van der Waals surface area (Å²) >= 11 is 0. The summed E-state index contributed by atoms with van der Waals surface area (Å²) in [4.78, 5) is 22.6. The van der Waals surface area contributed by atoms with Gasteiger partial charge in [-0.2, -0.15) is 0 Å². The molecule has 12 heteroatoms. The lowest BCUT2D eigenvalue weighted by Gasteiger charge is -2.34. The zero-order valence-corrected chi connectivity index (χ0v) is 14.9. The molecule has 1 aliphatic heterocycles. The summed E-state index contributed by atoms with van der Waals surface area (Å²) in [6.45, 7) is -0.424. The van der Waals surface area contributed by atoms with E-state index in [4.69, 9.17) is 15.7 Å². The Hall–Kier alpha value is -3.38. The molecule has 0 saturated carbocycles. The molecule has 0 saturated heterocycles. The Labute approximate surface area is 158 Å². The quantitative estimate of drug-likeness (QED) is 0.331. The number of ether oxygens (including phenoxy) is 1. The number of fused-ring (bicyclic) bond motifs is 1. The Morgan fingerprint density at radius 1 is 1.21 bits per heavy atom. The van der Waals surface area contributed by atoms with Gasteiger partial charge in [-0.3, -0.25) is 19.8 Å². The van der Waals surface area contributed by atoms with Gasteiger partial charge in [0.05, 0.1) is 17.1 Å². The Balaban J connectivity index is 2.11. The number of nitrogens with one attached hydrogen (secondary N) is 2. The van der Waals surface area contributed by atoms with E-state index in [0.29, 0.717) is 0 Å². The number of rotatable bonds is 4. The molecule has 3 rings (SSSR count). The molecule has 1 heterocycles. The average Bonchev–Trinajstić information content (AvgIpc) is 2.66. The van der Waals surface area contributed by atoms with E-state index >= 15 is 0 Å². The number of anilines is 2. The molecule has 2 aromatic rings. The third-order valence-electron chi connectivity index (χ3n) is 3.92. The van der Waals surface area contributed by atoms with Gasteiger partial charge in [0.25, 0.3) is 15.9 Å². The van der Waals surface area contributed by atoms with Gasteiger partial charge in [-0.15, -0.1) is 0 Å². The van der Waals surface area contributed by atoms with Crippen LogP contribution in [0.25, 0.3) is 0 Å². The molecule has 5 N–H and O–H groups in total. The Morgan fingerprint density at radius 2 is 1.89 bits per heavy atom. The molecule has 1 unspecified atom stereocenters. The maximum absolute atomic E-state index is 13.2. The van der Waals surface area contributed by atoms with Crippen LogP contribution in [-0.4, -0.2) is 38.2 Å². The molecular weight excluding hydrogens is 395 g/mol. The number of nitrogens with zero attached hydrogens (tertiary/aromatic N) is 1. The Bertz CT molecular complexity index is 1030. The van der Waals surface area contributed by atoms with Crippen molar-refractivity contribution in [1.29, 1.82) is 0 Å². The van der Waals surface area contributed by atoms with Crippen LogP contribution in [0.15, 0.2) is 47.4 Å². The van der Waals surface area contributed by atoms with Gasteiger partial charge in [-0.1, -0.05) is 0 Å². The standard InChI is InChI=1S/C16H15FN4O6S/c17-9-1-4-11(5-2-9)28(25,26)21-8-14(15(22)20-18)27-13-6-3-10(7-12(13)21)19-16(23)24/h1-7,14,19H,8,18H2,(H,20,22)(H,23,24). The minimum Gasteiger partial charge on any atom is -0.476 e. The van der Waals surface area contributed by atoms with Crippen molar-refractivity contribution in [2.45, 2.75) is 11.0 Å². The number of hydrogen-bond donors (Lipinski definition) is 4. The summed E-state index contributed by atoms with van der Waals surface area (Å²) in [5.41, 5.74) is 2.00. The Kier molecular flexibility index (Phi) is 5.07. The maximum atomic E-state index is 13.2. The van der Waals surface area contributed by atoms with Crippen LogP contribution in [-0.2, 0) is 14.8 Å². The summed E-state index contributed by atoms with van der Waals surface area (Å²) < 4.78 is 45.8. The second-order valence-corrected chi connectivity index (χ2v) is 7.58. The van der Waals surface area contributed by atoms with Gasteiger partial charge < -0.3 is 9.84 Å². The number of sulfonamides is 1. The number of carboxylic acid groups (broad SMARTS) is 1. The first-order valence-corrected chi connectivity index (χ1v) is 9.26. The average molecular weight is 410 g/mol. The highest BCUT2D eigenvalue weighted by molar-refractivity contribution is 7.92. The van der Waals surface area contributed by atoms with Gasteiger partial charge in [0, 0.05) is 5.69 Å². The molecule has 0 bridgehead atoms. The van der Waals surface area contributed by atoms with Crippen molar-refractivity contribution in [3.8, 4) is 5.75 Å². The SMILES string of the molecule is NNC(=O)C1CN(S(=O)(=O)c2ccc(F)cc2)c2cc(NC(=O)O)ccc2O1. The van der Waals surface area contributed by atoms with Crippen molar-refractivity contribution in [1.82, 2.24) is 5.43 Å². The molecule has 0 aliphatic carbocycles. The van der Waals surface area contributed by atoms with E-state index in [-0.39, 0.29) is 22.0 Å². The predicted molar refractivity (Wildman–Crippen MR) is 95.8 cm³/mol. The molecule has 1 aliphatic rings. The van der Waals surface area contributed by atoms with Gasteiger partial charge in [0.1, 0.15) is 11.6 Å². The van der Waals surface area contributed by atoms with Crippen LogP contribution in [0.3, 0.4) is 0 Å². The first-order chi connectivity index (χ1) is 13.2. The number of nitrogens with two attached hydrogens (primary N) is 1. The smallest absolute Gasteiger partial charge is 0.409 e. The number of benzene rings is 2. The minimum atomic E-state index is -4.22. The lowest BCUT2D eigenvalue weighted by atomic mass is 10.2. The highest BCUT2D eigenvalue weighted by Gasteiger charge is 2.37. The summed E-state index contributed by atoms with van der Waals surface area (Å²) in [7, 11) is -4.22. The topological polar surface area (TPSA) is 151 Å². The maximum Gasteiger partial charge on any atom is 0.409 e. The molecule has 0 radical (unpaired) electrons. The second kappa shape index (κ2) is 7.32. The number of carbonyl (C=O) groups excluding carboxylic acids is 1. The zero-order chi connectivity index (χ0) is 20.5. The molecule has 0 fully saturated rings. The van der Waals surface area contributed by atoms with Crippen LogP contribution >= 0.6 is 0 Å². The molecule has 0 aromatic heterocycles. The molecule has 28 heavy (non-hydrogen) atoms. The van der Waals surface area contributed by atoms with Crippen LogP contribution in [0.1, 0.15) is 0 Å². The fraction of sp³-hybridized carbons (Fsp3) is 0.125. The van der Waals surface area contributed by atoms with Crippen LogP contribution in [0, 0.1) is 5.82 Å². The van der Waals surface area contributed by atoms with Crippen molar-refractivity contribution in [2.24, 2.45) is 5.84 Å². The van der Waals surface area contributed by atoms with E-state index in [1.807, 2.05) is 5.43 Å². The first-order valence-electron chi connectivity index (χ1n) is 7.82. The lowest BCUT2D eigenvalue weighted by molar-refractivity contribution is -0.127. The predicted octanol–water partition coefficient (Wildman–Crippen LogP) is 0.862. The summed E-state index contributed by atoms with van der Waals surface area (Å²) in [5.74, 6) is 3.78. The molecule has 2 aromatic carbocycles. The largest absolute Gasteiger partial charge is 0.476 e. The van der Waals surface area contributed by atoms with Gasteiger partial charge in [0.15, 0.2) is 6.10 Å². The van der Waals surface area contributed by atoms with Crippen LogP contribution in [0.5, 0.6) is 5.75 Å². The normalized spacial score (nSPS) is 15.9. The molecule has 10 nitrogen and oxygen atoms in total. The number of hydrazine groups is 1. The van der Waals surface area contributed by atoms with Crippen molar-refractivity contribution < 1.29 is 32.2 Å². The van der Waals surface area contributed by atoms with Crippen LogP contribution < -0.4 is 25.6 Å². The monoisotopic (exact) mass is 410 g/mol. The molecule has 0 spiro atoms. The second-order valence-electron chi connectivity index (χ2n) is 5.72. The van der Waals surface area contributed by atoms with E-state index in [1.165, 1.54) is 18.2 Å². The number of amides is 2. The van der Waals surface area contributed by atoms with E-state index < -0.39 is 40.5 Å². The van der Waals surface area contributed by atoms with Crippen molar-refractivity contribution >= 4 is 33.4 Å². The number of carbonyl (C=O) groups is 2. The molecule has 148 valence electrons. The first kappa shape index (κ1) is 19.4. The fourth-order valence-corrected chi connectivity index (χ4v) is 4.11. The fourth-order valence-electron chi connectivity index (χ4n) is 2.64. The van der Waals surface area contributed by atoms with E-state index in [1.54, 1.807) is 0 Å². The van der Waals surface area contributed by atoms with Gasteiger partial charge in [-0.25, -0.2) is 23.4 Å². The molecule has 2 amide bonds. The summed E-state index contributed by atoms with van der Waals surface area (Å²) in [6.07, 6.45) is -2.59. The van der Waals surface area contributed by atoms with Gasteiger partial charge in [0.2, 0.25) is 0 Å². The third-order valence-corrected chi connectivity index (χ3v) is 5.71. The van der Waals surface area contributed by atoms with Crippen LogP contribution in [0.4, 0.5) is 20.6 Å². The summed E-state index contributed by atoms with van der Waals surface area (Å²) in [5, 5.41) is 11.0. The lowest BCUT2D eigenvalue weighted by Crippen LogP contribution is -2.52. The minimum absolute atomic E-state index is 0.0108. The molecule has 1 atom stereocenters. The zero-order valence-electron chi connectivity index (χ0n) is 14.1. The third kappa shape index (κ3) is 3.68. The van der Waals surface area contributed by atoms with Gasteiger partial charge >= 0.3 is 6.09 Å². The molecular formula is C16H15FN4O6S. The van der Waals surface area contributed by atoms with E-state index in [9.17, 15) is 22.4 Å². The van der Waals surface area contributed by atoms with Crippen molar-refractivity contribution in [2.75, 3.05) is 16.2 Å². The summed E-state index contributed by atoms with van der Waals surface area (Å²) in [6, 6.07) is 8.05. The van der Waals surface area contributed by atoms with Crippen molar-refractivity contribution in [3.05, 3.63) is 48.3 Å². The van der Waals surface area contributed by atoms with Gasteiger partial charge in [-0.05, 0) is 42.5 Å². The highest BCUT2D eigenvalue weighted by Crippen LogP contribution is 2.39. The number of hydrogen-bond acceptors (Lipinski definition) is 6.